The number of benzene rings is 3. The van der Waals surface area contributed by atoms with Crippen LogP contribution in [0.5, 0.6) is 0 Å². The first-order valence-electron chi connectivity index (χ1n) is 10.6. The van der Waals surface area contributed by atoms with E-state index in [-0.39, 0.29) is 30.7 Å². The molecule has 1 aliphatic rings. The lowest BCUT2D eigenvalue weighted by atomic mass is 10.0. The molecule has 1 atom stereocenters. The first kappa shape index (κ1) is 22.0. The van der Waals surface area contributed by atoms with Crippen LogP contribution >= 0.6 is 15.9 Å². The second-order valence-electron chi connectivity index (χ2n) is 7.83. The van der Waals surface area contributed by atoms with Crippen molar-refractivity contribution in [1.82, 2.24) is 10.2 Å². The number of halogens is 1. The van der Waals surface area contributed by atoms with E-state index in [1.807, 2.05) is 54.6 Å². The van der Waals surface area contributed by atoms with E-state index in [1.54, 1.807) is 17.0 Å². The molecule has 1 saturated heterocycles. The molecule has 3 aromatic carbocycles. The fourth-order valence-corrected chi connectivity index (χ4v) is 4.34. The molecule has 1 aliphatic heterocycles. The van der Waals surface area contributed by atoms with Crippen molar-refractivity contribution >= 4 is 50.1 Å². The minimum Gasteiger partial charge on any atom is -0.345 e. The van der Waals surface area contributed by atoms with E-state index in [9.17, 15) is 14.4 Å². The third-order valence-electron chi connectivity index (χ3n) is 5.65. The lowest BCUT2D eigenvalue weighted by molar-refractivity contribution is -0.138. The number of rotatable bonds is 6. The zero-order valence-electron chi connectivity index (χ0n) is 17.5. The minimum absolute atomic E-state index is 0.0710. The van der Waals surface area contributed by atoms with Gasteiger partial charge in [0.2, 0.25) is 17.7 Å². The number of hydrogen-bond donors (Lipinski definition) is 2. The van der Waals surface area contributed by atoms with Crippen LogP contribution in [0.25, 0.3) is 10.8 Å². The largest absolute Gasteiger partial charge is 0.345 e. The predicted octanol–water partition coefficient (Wildman–Crippen LogP) is 3.89. The zero-order chi connectivity index (χ0) is 22.5. The fourth-order valence-electron chi connectivity index (χ4n) is 4.07. The monoisotopic (exact) mass is 493 g/mol. The Bertz CT molecular complexity index is 1140. The SMILES string of the molecule is O=C(CNC(=O)C1CCCN1C(=O)Cc1cccc2ccccc12)Nc1ccc(Br)cc1. The number of carbonyl (C=O) groups is 3. The van der Waals surface area contributed by atoms with Gasteiger partial charge in [0.15, 0.2) is 0 Å². The van der Waals surface area contributed by atoms with Gasteiger partial charge in [-0.25, -0.2) is 0 Å². The summed E-state index contributed by atoms with van der Waals surface area (Å²) in [5.74, 6) is -0.676. The van der Waals surface area contributed by atoms with E-state index >= 15 is 0 Å². The molecule has 1 unspecified atom stereocenters. The second-order valence-corrected chi connectivity index (χ2v) is 8.75. The molecule has 0 bridgehead atoms. The van der Waals surface area contributed by atoms with Crippen molar-refractivity contribution in [1.29, 1.82) is 0 Å². The molecule has 3 aromatic rings. The van der Waals surface area contributed by atoms with Gasteiger partial charge in [0, 0.05) is 16.7 Å². The van der Waals surface area contributed by atoms with Gasteiger partial charge >= 0.3 is 0 Å². The second kappa shape index (κ2) is 9.96. The van der Waals surface area contributed by atoms with E-state index < -0.39 is 6.04 Å². The van der Waals surface area contributed by atoms with Gasteiger partial charge < -0.3 is 15.5 Å². The first-order valence-corrected chi connectivity index (χ1v) is 11.4. The van der Waals surface area contributed by atoms with Gasteiger partial charge in [0.05, 0.1) is 13.0 Å². The Kier molecular flexibility index (Phi) is 6.85. The van der Waals surface area contributed by atoms with Crippen molar-refractivity contribution in [3.63, 3.8) is 0 Å². The minimum atomic E-state index is -0.544. The van der Waals surface area contributed by atoms with Crippen molar-refractivity contribution in [2.45, 2.75) is 25.3 Å². The quantitative estimate of drug-likeness (QED) is 0.546. The van der Waals surface area contributed by atoms with Crippen molar-refractivity contribution in [3.8, 4) is 0 Å². The number of likely N-dealkylation sites (tertiary alicyclic amines) is 1. The number of fused-ring (bicyclic) bond motifs is 1. The highest BCUT2D eigenvalue weighted by Crippen LogP contribution is 2.23. The Morgan fingerprint density at radius 3 is 2.53 bits per heavy atom. The summed E-state index contributed by atoms with van der Waals surface area (Å²) >= 11 is 3.35. The molecule has 0 aliphatic carbocycles. The van der Waals surface area contributed by atoms with Crippen LogP contribution < -0.4 is 10.6 Å². The van der Waals surface area contributed by atoms with Crippen molar-refractivity contribution in [2.24, 2.45) is 0 Å². The molecule has 32 heavy (non-hydrogen) atoms. The van der Waals surface area contributed by atoms with E-state index in [2.05, 4.69) is 26.6 Å². The molecule has 164 valence electrons. The normalized spacial score (nSPS) is 15.5. The summed E-state index contributed by atoms with van der Waals surface area (Å²) < 4.78 is 0.915. The van der Waals surface area contributed by atoms with Crippen molar-refractivity contribution in [2.75, 3.05) is 18.4 Å². The average Bonchev–Trinajstić information content (AvgIpc) is 3.30. The maximum absolute atomic E-state index is 13.0. The predicted molar refractivity (Wildman–Crippen MR) is 128 cm³/mol. The standard InChI is InChI=1S/C25H24BrN3O3/c26-19-10-12-20(13-11-19)28-23(30)16-27-25(32)22-9-4-14-29(22)24(31)15-18-7-3-6-17-5-1-2-8-21(17)18/h1-3,5-8,10-13,22H,4,9,14-16H2,(H,27,32)(H,28,30). The topological polar surface area (TPSA) is 78.5 Å². The molecule has 1 heterocycles. The molecule has 0 aromatic heterocycles. The van der Waals surface area contributed by atoms with E-state index in [4.69, 9.17) is 0 Å². The Morgan fingerprint density at radius 2 is 1.72 bits per heavy atom. The van der Waals surface area contributed by atoms with Crippen LogP contribution in [0, 0.1) is 0 Å². The van der Waals surface area contributed by atoms with Gasteiger partial charge in [0.1, 0.15) is 6.04 Å². The van der Waals surface area contributed by atoms with Crippen molar-refractivity contribution < 1.29 is 14.4 Å². The number of anilines is 1. The lowest BCUT2D eigenvalue weighted by Crippen LogP contribution is -2.48. The molecule has 0 radical (unpaired) electrons. The number of nitrogens with zero attached hydrogens (tertiary/aromatic N) is 1. The zero-order valence-corrected chi connectivity index (χ0v) is 19.1. The smallest absolute Gasteiger partial charge is 0.243 e. The van der Waals surface area contributed by atoms with Crippen LogP contribution in [0.15, 0.2) is 71.2 Å². The summed E-state index contributed by atoms with van der Waals surface area (Å²) in [5.41, 5.74) is 1.60. The van der Waals surface area contributed by atoms with Crippen LogP contribution in [-0.2, 0) is 20.8 Å². The van der Waals surface area contributed by atoms with Gasteiger partial charge in [-0.05, 0) is 53.4 Å². The van der Waals surface area contributed by atoms with E-state index in [1.165, 1.54) is 0 Å². The van der Waals surface area contributed by atoms with Crippen molar-refractivity contribution in [3.05, 3.63) is 76.8 Å². The Balaban J connectivity index is 1.35. The number of hydrogen-bond acceptors (Lipinski definition) is 3. The molecule has 0 saturated carbocycles. The Morgan fingerprint density at radius 1 is 0.969 bits per heavy atom. The van der Waals surface area contributed by atoms with Crippen LogP contribution in [-0.4, -0.2) is 41.8 Å². The maximum atomic E-state index is 13.0. The molecular formula is C25H24BrN3O3. The van der Waals surface area contributed by atoms with E-state index in [0.717, 1.165) is 27.2 Å². The lowest BCUT2D eigenvalue weighted by Gasteiger charge is -2.24. The summed E-state index contributed by atoms with van der Waals surface area (Å²) in [6.45, 7) is 0.406. The molecule has 4 rings (SSSR count). The molecule has 2 N–H and O–H groups in total. The summed E-state index contributed by atoms with van der Waals surface area (Å²) in [7, 11) is 0. The fraction of sp³-hybridized carbons (Fsp3) is 0.240. The number of carbonyl (C=O) groups excluding carboxylic acids is 3. The third-order valence-corrected chi connectivity index (χ3v) is 6.18. The first-order chi connectivity index (χ1) is 15.5. The summed E-state index contributed by atoms with van der Waals surface area (Å²) in [6, 6.07) is 20.5. The van der Waals surface area contributed by atoms with Crippen LogP contribution in [0.3, 0.4) is 0 Å². The average molecular weight is 494 g/mol. The third kappa shape index (κ3) is 5.16. The van der Waals surface area contributed by atoms with Crippen LogP contribution in [0.2, 0.25) is 0 Å². The van der Waals surface area contributed by atoms with Crippen LogP contribution in [0.1, 0.15) is 18.4 Å². The number of amides is 3. The summed E-state index contributed by atoms with van der Waals surface area (Å²) in [4.78, 5) is 39.6. The summed E-state index contributed by atoms with van der Waals surface area (Å²) in [5, 5.41) is 7.56. The number of nitrogens with one attached hydrogen (secondary N) is 2. The van der Waals surface area contributed by atoms with Crippen LogP contribution in [0.4, 0.5) is 5.69 Å². The highest BCUT2D eigenvalue weighted by molar-refractivity contribution is 9.10. The Labute approximate surface area is 195 Å². The molecule has 0 spiro atoms. The molecule has 6 nitrogen and oxygen atoms in total. The van der Waals surface area contributed by atoms with Gasteiger partial charge in [0.25, 0.3) is 0 Å². The van der Waals surface area contributed by atoms with Gasteiger partial charge in [-0.1, -0.05) is 58.4 Å². The van der Waals surface area contributed by atoms with Gasteiger partial charge in [-0.15, -0.1) is 0 Å². The highest BCUT2D eigenvalue weighted by atomic mass is 79.9. The van der Waals surface area contributed by atoms with Gasteiger partial charge in [-0.3, -0.25) is 14.4 Å². The van der Waals surface area contributed by atoms with E-state index in [0.29, 0.717) is 18.7 Å². The maximum Gasteiger partial charge on any atom is 0.243 e. The molecule has 3 amide bonds. The molecular weight excluding hydrogens is 470 g/mol. The summed E-state index contributed by atoms with van der Waals surface area (Å²) in [6.07, 6.45) is 1.61. The molecule has 1 fully saturated rings. The molecule has 7 heteroatoms. The van der Waals surface area contributed by atoms with Gasteiger partial charge in [-0.2, -0.15) is 0 Å². The Hall–Kier alpha value is -3.19. The highest BCUT2D eigenvalue weighted by Gasteiger charge is 2.34.